The molecule has 0 aliphatic rings. The smallest absolute Gasteiger partial charge is 0.336 e. The number of nitrogens with zero attached hydrogens (tertiary/aromatic N) is 3. The number of aromatic carboxylic acids is 1. The monoisotopic (exact) mass is 301 g/mol. The van der Waals surface area contributed by atoms with E-state index in [0.717, 1.165) is 10.7 Å². The maximum absolute atomic E-state index is 11.2. The van der Waals surface area contributed by atoms with Gasteiger partial charge in [-0.15, -0.1) is 11.3 Å². The Bertz CT molecular complexity index is 794. The number of thiazole rings is 1. The third-order valence-corrected chi connectivity index (χ3v) is 3.80. The van der Waals surface area contributed by atoms with E-state index in [-0.39, 0.29) is 11.5 Å². The molecule has 1 N–H and O–H groups in total. The zero-order valence-electron chi connectivity index (χ0n) is 11.1. The van der Waals surface area contributed by atoms with Gasteiger partial charge in [-0.1, -0.05) is 17.3 Å². The SMILES string of the molecule is Cc1csc(Cc2noc(-c3ccccc3C(=O)O)n2)n1. The van der Waals surface area contributed by atoms with E-state index in [1.54, 1.807) is 18.2 Å². The van der Waals surface area contributed by atoms with Gasteiger partial charge >= 0.3 is 5.97 Å². The Hall–Kier alpha value is -2.54. The van der Waals surface area contributed by atoms with Gasteiger partial charge in [-0.3, -0.25) is 0 Å². The maximum Gasteiger partial charge on any atom is 0.336 e. The normalized spacial score (nSPS) is 10.7. The first-order valence-corrected chi connectivity index (χ1v) is 7.08. The molecule has 0 amide bonds. The van der Waals surface area contributed by atoms with Crippen LogP contribution in [0.2, 0.25) is 0 Å². The summed E-state index contributed by atoms with van der Waals surface area (Å²) in [5, 5.41) is 15.9. The Morgan fingerprint density at radius 2 is 2.14 bits per heavy atom. The molecule has 3 aromatic rings. The van der Waals surface area contributed by atoms with Crippen LogP contribution in [0.5, 0.6) is 0 Å². The third-order valence-electron chi connectivity index (χ3n) is 2.83. The second-order valence-electron chi connectivity index (χ2n) is 4.43. The van der Waals surface area contributed by atoms with Crippen LogP contribution in [0, 0.1) is 6.92 Å². The van der Waals surface area contributed by atoms with Gasteiger partial charge in [0.05, 0.1) is 17.5 Å². The highest BCUT2D eigenvalue weighted by Gasteiger charge is 2.17. The molecule has 106 valence electrons. The highest BCUT2D eigenvalue weighted by Crippen LogP contribution is 2.23. The van der Waals surface area contributed by atoms with Gasteiger partial charge < -0.3 is 9.63 Å². The van der Waals surface area contributed by atoms with Crippen molar-refractivity contribution < 1.29 is 14.4 Å². The zero-order valence-corrected chi connectivity index (χ0v) is 11.9. The van der Waals surface area contributed by atoms with Crippen LogP contribution in [-0.4, -0.2) is 26.2 Å². The highest BCUT2D eigenvalue weighted by molar-refractivity contribution is 7.09. The van der Waals surface area contributed by atoms with Crippen LogP contribution < -0.4 is 0 Å². The number of hydrogen-bond donors (Lipinski definition) is 1. The second-order valence-corrected chi connectivity index (χ2v) is 5.37. The van der Waals surface area contributed by atoms with Crippen molar-refractivity contribution >= 4 is 17.3 Å². The summed E-state index contributed by atoms with van der Waals surface area (Å²) in [6, 6.07) is 6.54. The lowest BCUT2D eigenvalue weighted by Gasteiger charge is -1.99. The molecular formula is C14H11N3O3S. The molecule has 0 atom stereocenters. The van der Waals surface area contributed by atoms with E-state index >= 15 is 0 Å². The minimum Gasteiger partial charge on any atom is -0.478 e. The highest BCUT2D eigenvalue weighted by atomic mass is 32.1. The lowest BCUT2D eigenvalue weighted by molar-refractivity contribution is 0.0697. The Labute approximate surface area is 124 Å². The molecule has 0 aliphatic carbocycles. The summed E-state index contributed by atoms with van der Waals surface area (Å²) < 4.78 is 5.17. The molecule has 6 nitrogen and oxygen atoms in total. The number of carboxylic acid groups (broad SMARTS) is 1. The fraction of sp³-hybridized carbons (Fsp3) is 0.143. The molecule has 3 rings (SSSR count). The van der Waals surface area contributed by atoms with Gasteiger partial charge in [0.2, 0.25) is 0 Å². The zero-order chi connectivity index (χ0) is 14.8. The summed E-state index contributed by atoms with van der Waals surface area (Å²) in [6.45, 7) is 1.92. The van der Waals surface area contributed by atoms with Crippen LogP contribution in [-0.2, 0) is 6.42 Å². The summed E-state index contributed by atoms with van der Waals surface area (Å²) in [5.74, 6) is -0.336. The quantitative estimate of drug-likeness (QED) is 0.797. The topological polar surface area (TPSA) is 89.1 Å². The molecule has 7 heteroatoms. The third kappa shape index (κ3) is 2.82. The molecule has 0 saturated heterocycles. The lowest BCUT2D eigenvalue weighted by atomic mass is 10.1. The number of aryl methyl sites for hydroxylation is 1. The molecular weight excluding hydrogens is 290 g/mol. The maximum atomic E-state index is 11.2. The minimum atomic E-state index is -1.03. The van der Waals surface area contributed by atoms with Crippen molar-refractivity contribution in [3.05, 3.63) is 51.7 Å². The second kappa shape index (κ2) is 5.45. The summed E-state index contributed by atoms with van der Waals surface area (Å²) >= 11 is 1.53. The fourth-order valence-electron chi connectivity index (χ4n) is 1.91. The van der Waals surface area contributed by atoms with E-state index in [0.29, 0.717) is 17.8 Å². The average Bonchev–Trinajstić information content (AvgIpc) is 3.08. The van der Waals surface area contributed by atoms with Gasteiger partial charge in [0.15, 0.2) is 5.82 Å². The van der Waals surface area contributed by atoms with Gasteiger partial charge in [-0.25, -0.2) is 9.78 Å². The number of aromatic nitrogens is 3. The van der Waals surface area contributed by atoms with Crippen LogP contribution in [0.15, 0.2) is 34.2 Å². The molecule has 0 bridgehead atoms. The molecule has 2 aromatic heterocycles. The van der Waals surface area contributed by atoms with Crippen molar-refractivity contribution in [2.45, 2.75) is 13.3 Å². The van der Waals surface area contributed by atoms with E-state index in [1.165, 1.54) is 17.4 Å². The predicted molar refractivity (Wildman–Crippen MR) is 76.4 cm³/mol. The first kappa shape index (κ1) is 13.4. The first-order valence-electron chi connectivity index (χ1n) is 6.20. The van der Waals surface area contributed by atoms with Crippen LogP contribution in [0.25, 0.3) is 11.5 Å². The van der Waals surface area contributed by atoms with Gasteiger partial charge in [-0.05, 0) is 19.1 Å². The van der Waals surface area contributed by atoms with E-state index in [4.69, 9.17) is 4.52 Å². The number of rotatable bonds is 4. The van der Waals surface area contributed by atoms with Crippen molar-refractivity contribution in [2.24, 2.45) is 0 Å². The average molecular weight is 301 g/mol. The number of carboxylic acids is 1. The molecule has 1 aromatic carbocycles. The summed E-state index contributed by atoms with van der Waals surface area (Å²) in [6.07, 6.45) is 0.469. The fourth-order valence-corrected chi connectivity index (χ4v) is 2.68. The van der Waals surface area contributed by atoms with Crippen LogP contribution >= 0.6 is 11.3 Å². The predicted octanol–water partition coefficient (Wildman–Crippen LogP) is 2.79. The summed E-state index contributed by atoms with van der Waals surface area (Å²) in [7, 11) is 0. The van der Waals surface area contributed by atoms with Crippen LogP contribution in [0.4, 0.5) is 0 Å². The Morgan fingerprint density at radius 3 is 2.86 bits per heavy atom. The van der Waals surface area contributed by atoms with Gasteiger partial charge in [-0.2, -0.15) is 4.98 Å². The number of benzene rings is 1. The molecule has 21 heavy (non-hydrogen) atoms. The van der Waals surface area contributed by atoms with Gasteiger partial charge in [0.25, 0.3) is 5.89 Å². The summed E-state index contributed by atoms with van der Waals surface area (Å²) in [5.41, 5.74) is 1.51. The Kier molecular flexibility index (Phi) is 3.49. The molecule has 0 radical (unpaired) electrons. The van der Waals surface area contributed by atoms with E-state index in [1.807, 2.05) is 12.3 Å². The van der Waals surface area contributed by atoms with Crippen molar-refractivity contribution in [1.29, 1.82) is 0 Å². The largest absolute Gasteiger partial charge is 0.478 e. The summed E-state index contributed by atoms with van der Waals surface area (Å²) in [4.78, 5) is 19.8. The molecule has 0 aliphatic heterocycles. The standard InChI is InChI=1S/C14H11N3O3S/c1-8-7-21-12(15-8)6-11-16-13(20-17-11)9-4-2-3-5-10(9)14(18)19/h2-5,7H,6H2,1H3,(H,18,19). The van der Waals surface area contributed by atoms with Crippen molar-refractivity contribution in [2.75, 3.05) is 0 Å². The molecule has 0 fully saturated rings. The van der Waals surface area contributed by atoms with Crippen LogP contribution in [0.1, 0.15) is 26.9 Å². The Balaban J connectivity index is 1.90. The number of carbonyl (C=O) groups is 1. The lowest BCUT2D eigenvalue weighted by Crippen LogP contribution is -1.99. The molecule has 0 unspecified atom stereocenters. The van der Waals surface area contributed by atoms with Crippen molar-refractivity contribution in [3.8, 4) is 11.5 Å². The first-order chi connectivity index (χ1) is 10.1. The van der Waals surface area contributed by atoms with Crippen LogP contribution in [0.3, 0.4) is 0 Å². The molecule has 0 spiro atoms. The van der Waals surface area contributed by atoms with E-state index < -0.39 is 5.97 Å². The van der Waals surface area contributed by atoms with Crippen molar-refractivity contribution in [3.63, 3.8) is 0 Å². The van der Waals surface area contributed by atoms with E-state index in [9.17, 15) is 9.90 Å². The van der Waals surface area contributed by atoms with Crippen molar-refractivity contribution in [1.82, 2.24) is 15.1 Å². The molecule has 0 saturated carbocycles. The molecule has 2 heterocycles. The number of hydrogen-bond acceptors (Lipinski definition) is 6. The van der Waals surface area contributed by atoms with Gasteiger partial charge in [0, 0.05) is 11.1 Å². The van der Waals surface area contributed by atoms with Gasteiger partial charge in [0.1, 0.15) is 5.01 Å². The van der Waals surface area contributed by atoms with E-state index in [2.05, 4.69) is 15.1 Å². The Morgan fingerprint density at radius 1 is 1.33 bits per heavy atom. The minimum absolute atomic E-state index is 0.137.